The summed E-state index contributed by atoms with van der Waals surface area (Å²) >= 11 is 0. The van der Waals surface area contributed by atoms with Crippen molar-refractivity contribution >= 4 is 5.95 Å². The zero-order chi connectivity index (χ0) is 10.5. The van der Waals surface area contributed by atoms with Crippen molar-refractivity contribution < 1.29 is 0 Å². The summed E-state index contributed by atoms with van der Waals surface area (Å²) in [5, 5.41) is 6.47. The number of rotatable bonds is 3. The minimum Gasteiger partial charge on any atom is -0.355 e. The first kappa shape index (κ1) is 10.4. The SMILES string of the molecule is CCNc1ncc(C2CCNCC2)cn1. The number of nitrogens with one attached hydrogen (secondary N) is 2. The first-order valence-electron chi connectivity index (χ1n) is 5.66. The van der Waals surface area contributed by atoms with Crippen LogP contribution in [0.25, 0.3) is 0 Å². The van der Waals surface area contributed by atoms with E-state index >= 15 is 0 Å². The zero-order valence-corrected chi connectivity index (χ0v) is 9.16. The minimum absolute atomic E-state index is 0.641. The van der Waals surface area contributed by atoms with E-state index in [2.05, 4.69) is 20.6 Å². The third-order valence-electron chi connectivity index (χ3n) is 2.82. The van der Waals surface area contributed by atoms with Crippen LogP contribution in [0.5, 0.6) is 0 Å². The van der Waals surface area contributed by atoms with Crippen LogP contribution in [-0.2, 0) is 0 Å². The maximum atomic E-state index is 4.30. The molecule has 4 heteroatoms. The van der Waals surface area contributed by atoms with Crippen LogP contribution < -0.4 is 10.6 Å². The van der Waals surface area contributed by atoms with Crippen molar-refractivity contribution in [2.75, 3.05) is 25.0 Å². The topological polar surface area (TPSA) is 49.8 Å². The summed E-state index contributed by atoms with van der Waals surface area (Å²) in [5.74, 6) is 1.37. The first-order chi connectivity index (χ1) is 7.40. The fourth-order valence-electron chi connectivity index (χ4n) is 1.95. The lowest BCUT2D eigenvalue weighted by Crippen LogP contribution is -2.26. The molecule has 0 aliphatic carbocycles. The van der Waals surface area contributed by atoms with Gasteiger partial charge in [-0.05, 0) is 44.3 Å². The number of nitrogens with zero attached hydrogens (tertiary/aromatic N) is 2. The molecule has 2 heterocycles. The molecule has 0 radical (unpaired) electrons. The van der Waals surface area contributed by atoms with Gasteiger partial charge < -0.3 is 10.6 Å². The Bertz CT molecular complexity index is 290. The molecule has 2 N–H and O–H groups in total. The van der Waals surface area contributed by atoms with Gasteiger partial charge in [0.2, 0.25) is 5.95 Å². The standard InChI is InChI=1S/C11H18N4/c1-2-13-11-14-7-10(8-15-11)9-3-5-12-6-4-9/h7-9,12H,2-6H2,1H3,(H,13,14,15). The predicted octanol–water partition coefficient (Wildman–Crippen LogP) is 1.38. The van der Waals surface area contributed by atoms with E-state index in [9.17, 15) is 0 Å². The third-order valence-corrected chi connectivity index (χ3v) is 2.82. The van der Waals surface area contributed by atoms with Crippen molar-refractivity contribution in [3.63, 3.8) is 0 Å². The normalized spacial score (nSPS) is 17.7. The van der Waals surface area contributed by atoms with Crippen LogP contribution in [0.15, 0.2) is 12.4 Å². The van der Waals surface area contributed by atoms with Gasteiger partial charge in [-0.1, -0.05) is 0 Å². The van der Waals surface area contributed by atoms with E-state index in [1.54, 1.807) is 0 Å². The summed E-state index contributed by atoms with van der Waals surface area (Å²) in [7, 11) is 0. The molecule has 1 saturated heterocycles. The highest BCUT2D eigenvalue weighted by atomic mass is 15.1. The Morgan fingerprint density at radius 2 is 2.00 bits per heavy atom. The molecule has 1 aromatic heterocycles. The Balaban J connectivity index is 2.02. The van der Waals surface area contributed by atoms with E-state index in [1.165, 1.54) is 18.4 Å². The van der Waals surface area contributed by atoms with Crippen LogP contribution >= 0.6 is 0 Å². The Labute approximate surface area is 90.5 Å². The summed E-state index contributed by atoms with van der Waals surface area (Å²) in [6.07, 6.45) is 6.32. The summed E-state index contributed by atoms with van der Waals surface area (Å²) in [6.45, 7) is 5.13. The van der Waals surface area contributed by atoms with Gasteiger partial charge in [-0.2, -0.15) is 0 Å². The van der Waals surface area contributed by atoms with E-state index in [4.69, 9.17) is 0 Å². The molecule has 0 unspecified atom stereocenters. The summed E-state index contributed by atoms with van der Waals surface area (Å²) in [4.78, 5) is 8.60. The highest BCUT2D eigenvalue weighted by molar-refractivity contribution is 5.25. The highest BCUT2D eigenvalue weighted by Crippen LogP contribution is 2.23. The van der Waals surface area contributed by atoms with Crippen LogP contribution in [0, 0.1) is 0 Å². The second-order valence-corrected chi connectivity index (χ2v) is 3.89. The van der Waals surface area contributed by atoms with E-state index in [0.717, 1.165) is 25.6 Å². The molecule has 0 atom stereocenters. The average molecular weight is 206 g/mol. The fraction of sp³-hybridized carbons (Fsp3) is 0.636. The Hall–Kier alpha value is -1.16. The molecule has 4 nitrogen and oxygen atoms in total. The molecule has 0 spiro atoms. The molecule has 1 aliphatic rings. The predicted molar refractivity (Wildman–Crippen MR) is 61.0 cm³/mol. The average Bonchev–Trinajstić information content (AvgIpc) is 2.32. The molecule has 0 amide bonds. The minimum atomic E-state index is 0.641. The maximum Gasteiger partial charge on any atom is 0.222 e. The van der Waals surface area contributed by atoms with E-state index < -0.39 is 0 Å². The quantitative estimate of drug-likeness (QED) is 0.784. The van der Waals surface area contributed by atoms with Crippen LogP contribution in [0.4, 0.5) is 5.95 Å². The highest BCUT2D eigenvalue weighted by Gasteiger charge is 2.15. The van der Waals surface area contributed by atoms with Gasteiger partial charge in [0.05, 0.1) is 0 Å². The van der Waals surface area contributed by atoms with Crippen LogP contribution in [-0.4, -0.2) is 29.6 Å². The maximum absolute atomic E-state index is 4.30. The van der Waals surface area contributed by atoms with Crippen molar-refractivity contribution in [1.82, 2.24) is 15.3 Å². The van der Waals surface area contributed by atoms with E-state index in [1.807, 2.05) is 19.3 Å². The number of aromatic nitrogens is 2. The van der Waals surface area contributed by atoms with Crippen molar-refractivity contribution in [3.8, 4) is 0 Å². The molecule has 2 rings (SSSR count). The number of piperidine rings is 1. The van der Waals surface area contributed by atoms with Gasteiger partial charge in [-0.15, -0.1) is 0 Å². The Kier molecular flexibility index (Phi) is 3.50. The van der Waals surface area contributed by atoms with Gasteiger partial charge in [0.15, 0.2) is 0 Å². The van der Waals surface area contributed by atoms with Crippen LogP contribution in [0.3, 0.4) is 0 Å². The van der Waals surface area contributed by atoms with Gasteiger partial charge in [0.1, 0.15) is 0 Å². The molecule has 0 saturated carbocycles. The van der Waals surface area contributed by atoms with Gasteiger partial charge in [-0.3, -0.25) is 0 Å². The summed E-state index contributed by atoms with van der Waals surface area (Å²) in [5.41, 5.74) is 1.28. The molecule has 1 aliphatic heterocycles. The Morgan fingerprint density at radius 1 is 1.33 bits per heavy atom. The van der Waals surface area contributed by atoms with Crippen molar-refractivity contribution in [2.45, 2.75) is 25.7 Å². The molecule has 0 bridgehead atoms. The second kappa shape index (κ2) is 5.07. The number of hydrogen-bond acceptors (Lipinski definition) is 4. The summed E-state index contributed by atoms with van der Waals surface area (Å²) in [6, 6.07) is 0. The molecular formula is C11H18N4. The molecule has 0 aromatic carbocycles. The lowest BCUT2D eigenvalue weighted by molar-refractivity contribution is 0.459. The number of anilines is 1. The molecule has 82 valence electrons. The van der Waals surface area contributed by atoms with Crippen molar-refractivity contribution in [3.05, 3.63) is 18.0 Å². The van der Waals surface area contributed by atoms with Crippen molar-refractivity contribution in [2.24, 2.45) is 0 Å². The molecule has 1 fully saturated rings. The van der Waals surface area contributed by atoms with Gasteiger partial charge in [-0.25, -0.2) is 9.97 Å². The smallest absolute Gasteiger partial charge is 0.222 e. The third kappa shape index (κ3) is 2.65. The second-order valence-electron chi connectivity index (χ2n) is 3.89. The zero-order valence-electron chi connectivity index (χ0n) is 9.16. The first-order valence-corrected chi connectivity index (χ1v) is 5.66. The van der Waals surface area contributed by atoms with Crippen LogP contribution in [0.2, 0.25) is 0 Å². The number of hydrogen-bond donors (Lipinski definition) is 2. The molecule has 1 aromatic rings. The van der Waals surface area contributed by atoms with Gasteiger partial charge in [0.25, 0.3) is 0 Å². The van der Waals surface area contributed by atoms with E-state index in [-0.39, 0.29) is 0 Å². The molecular weight excluding hydrogens is 188 g/mol. The lowest BCUT2D eigenvalue weighted by Gasteiger charge is -2.22. The van der Waals surface area contributed by atoms with E-state index in [0.29, 0.717) is 5.92 Å². The Morgan fingerprint density at radius 3 is 2.60 bits per heavy atom. The largest absolute Gasteiger partial charge is 0.355 e. The van der Waals surface area contributed by atoms with Gasteiger partial charge >= 0.3 is 0 Å². The molecule has 15 heavy (non-hydrogen) atoms. The van der Waals surface area contributed by atoms with Crippen molar-refractivity contribution in [1.29, 1.82) is 0 Å². The van der Waals surface area contributed by atoms with Crippen LogP contribution in [0.1, 0.15) is 31.2 Å². The van der Waals surface area contributed by atoms with Gasteiger partial charge in [0, 0.05) is 18.9 Å². The summed E-state index contributed by atoms with van der Waals surface area (Å²) < 4.78 is 0. The fourth-order valence-corrected chi connectivity index (χ4v) is 1.95. The monoisotopic (exact) mass is 206 g/mol. The lowest BCUT2D eigenvalue weighted by atomic mass is 9.92.